The molecule has 17 heavy (non-hydrogen) atoms. The third kappa shape index (κ3) is 1.91. The number of thiazole rings is 1. The highest BCUT2D eigenvalue weighted by Gasteiger charge is 2.15. The van der Waals surface area contributed by atoms with E-state index in [9.17, 15) is 8.78 Å². The van der Waals surface area contributed by atoms with E-state index in [0.717, 1.165) is 30.7 Å². The van der Waals surface area contributed by atoms with Crippen molar-refractivity contribution in [1.29, 1.82) is 0 Å². The number of hydrogen-bond acceptors (Lipinski definition) is 3. The van der Waals surface area contributed by atoms with Gasteiger partial charge in [0.15, 0.2) is 10.9 Å². The minimum Gasteiger partial charge on any atom is -0.344 e. The van der Waals surface area contributed by atoms with Crippen LogP contribution in [0, 0.1) is 11.6 Å². The molecule has 0 N–H and O–H groups in total. The van der Waals surface area contributed by atoms with Crippen LogP contribution in [0.2, 0.25) is 0 Å². The maximum Gasteiger partial charge on any atom is 0.186 e. The molecule has 0 saturated carbocycles. The molecule has 2 heterocycles. The summed E-state index contributed by atoms with van der Waals surface area (Å²) in [5, 5.41) is 0.758. The van der Waals surface area contributed by atoms with Gasteiger partial charge in [-0.1, -0.05) is 23.5 Å². The molecular formula is C12H10F2N2S. The fourth-order valence-electron chi connectivity index (χ4n) is 1.90. The van der Waals surface area contributed by atoms with Crippen LogP contribution in [0.15, 0.2) is 24.3 Å². The summed E-state index contributed by atoms with van der Waals surface area (Å²) in [5.74, 6) is -1.14. The lowest BCUT2D eigenvalue weighted by Crippen LogP contribution is -2.26. The highest BCUT2D eigenvalue weighted by molar-refractivity contribution is 7.22. The van der Waals surface area contributed by atoms with Crippen LogP contribution in [0.5, 0.6) is 0 Å². The monoisotopic (exact) mass is 252 g/mol. The molecule has 1 aromatic carbocycles. The van der Waals surface area contributed by atoms with Crippen LogP contribution in [0.1, 0.15) is 6.42 Å². The highest BCUT2D eigenvalue weighted by atomic mass is 32.1. The van der Waals surface area contributed by atoms with E-state index < -0.39 is 11.6 Å². The second-order valence-corrected chi connectivity index (χ2v) is 4.95. The zero-order valence-corrected chi connectivity index (χ0v) is 9.81. The molecule has 0 atom stereocenters. The smallest absolute Gasteiger partial charge is 0.186 e. The van der Waals surface area contributed by atoms with E-state index >= 15 is 0 Å². The van der Waals surface area contributed by atoms with E-state index in [1.807, 2.05) is 0 Å². The van der Waals surface area contributed by atoms with Crippen LogP contribution in [0.25, 0.3) is 10.2 Å². The number of benzene rings is 1. The first-order valence-corrected chi connectivity index (χ1v) is 6.21. The van der Waals surface area contributed by atoms with Crippen LogP contribution in [-0.4, -0.2) is 18.1 Å². The minimum absolute atomic E-state index is 0.265. The van der Waals surface area contributed by atoms with Crippen molar-refractivity contribution in [3.63, 3.8) is 0 Å². The zero-order valence-electron chi connectivity index (χ0n) is 8.99. The maximum absolute atomic E-state index is 13.5. The number of fused-ring (bicyclic) bond motifs is 1. The topological polar surface area (TPSA) is 16.1 Å². The number of hydrogen-bond donors (Lipinski definition) is 0. The van der Waals surface area contributed by atoms with Gasteiger partial charge >= 0.3 is 0 Å². The van der Waals surface area contributed by atoms with E-state index in [0.29, 0.717) is 4.70 Å². The van der Waals surface area contributed by atoms with E-state index in [4.69, 9.17) is 0 Å². The molecule has 0 aliphatic carbocycles. The third-order valence-electron chi connectivity index (χ3n) is 2.73. The molecule has 88 valence electrons. The number of rotatable bonds is 1. The highest BCUT2D eigenvalue weighted by Crippen LogP contribution is 2.31. The molecule has 1 aliphatic rings. The molecule has 0 bridgehead atoms. The Hall–Kier alpha value is -1.49. The fraction of sp³-hybridized carbons (Fsp3) is 0.250. The maximum atomic E-state index is 13.5. The molecule has 0 spiro atoms. The Balaban J connectivity index is 2.07. The average molecular weight is 252 g/mol. The predicted molar refractivity (Wildman–Crippen MR) is 65.5 cm³/mol. The van der Waals surface area contributed by atoms with Gasteiger partial charge < -0.3 is 4.90 Å². The van der Waals surface area contributed by atoms with Crippen LogP contribution in [-0.2, 0) is 0 Å². The molecular weight excluding hydrogens is 242 g/mol. The van der Waals surface area contributed by atoms with Crippen molar-refractivity contribution < 1.29 is 8.78 Å². The molecule has 1 aromatic heterocycles. The Morgan fingerprint density at radius 3 is 2.88 bits per heavy atom. The summed E-state index contributed by atoms with van der Waals surface area (Å²) in [6, 6.07) is 2.21. The molecule has 0 saturated heterocycles. The summed E-state index contributed by atoms with van der Waals surface area (Å²) in [4.78, 5) is 6.32. The summed E-state index contributed by atoms with van der Waals surface area (Å²) in [6.07, 6.45) is 5.14. The van der Waals surface area contributed by atoms with Crippen molar-refractivity contribution in [2.45, 2.75) is 6.42 Å². The number of aromatic nitrogens is 1. The van der Waals surface area contributed by atoms with Crippen molar-refractivity contribution in [1.82, 2.24) is 4.98 Å². The van der Waals surface area contributed by atoms with Crippen LogP contribution in [0.3, 0.4) is 0 Å². The van der Waals surface area contributed by atoms with Gasteiger partial charge in [0.05, 0.1) is 4.70 Å². The first-order chi connectivity index (χ1) is 8.24. The Bertz CT molecular complexity index is 591. The van der Waals surface area contributed by atoms with E-state index in [2.05, 4.69) is 22.0 Å². The summed E-state index contributed by atoms with van der Waals surface area (Å²) < 4.78 is 27.1. The molecule has 1 aliphatic heterocycles. The standard InChI is InChI=1S/C12H10F2N2S/c13-8-6-9(14)11-10(7-8)17-12(15-11)16-4-2-1-3-5-16/h1-2,6-7H,3-5H2. The largest absolute Gasteiger partial charge is 0.344 e. The average Bonchev–Trinajstić information content (AvgIpc) is 2.74. The van der Waals surface area contributed by atoms with Gasteiger partial charge in [-0.25, -0.2) is 13.8 Å². The first kappa shape index (κ1) is 10.7. The number of halogens is 2. The van der Waals surface area contributed by atoms with Crippen LogP contribution in [0.4, 0.5) is 13.9 Å². The molecule has 3 rings (SSSR count). The number of nitrogens with zero attached hydrogens (tertiary/aromatic N) is 2. The molecule has 5 heteroatoms. The van der Waals surface area contributed by atoms with Gasteiger partial charge in [0, 0.05) is 19.2 Å². The lowest BCUT2D eigenvalue weighted by atomic mass is 10.3. The summed E-state index contributed by atoms with van der Waals surface area (Å²) in [7, 11) is 0. The van der Waals surface area contributed by atoms with Gasteiger partial charge in [0.25, 0.3) is 0 Å². The molecule has 0 amide bonds. The molecule has 2 aromatic rings. The van der Waals surface area contributed by atoms with Crippen molar-refractivity contribution in [3.8, 4) is 0 Å². The summed E-state index contributed by atoms with van der Waals surface area (Å²) in [5.41, 5.74) is 0.265. The predicted octanol–water partition coefficient (Wildman–Crippen LogP) is 3.34. The summed E-state index contributed by atoms with van der Waals surface area (Å²) in [6.45, 7) is 1.66. The normalized spacial score (nSPS) is 15.8. The summed E-state index contributed by atoms with van der Waals surface area (Å²) >= 11 is 1.33. The quantitative estimate of drug-likeness (QED) is 0.724. The van der Waals surface area contributed by atoms with E-state index in [-0.39, 0.29) is 5.52 Å². The van der Waals surface area contributed by atoms with Gasteiger partial charge in [0.1, 0.15) is 11.3 Å². The van der Waals surface area contributed by atoms with Crippen molar-refractivity contribution in [2.24, 2.45) is 0 Å². The Labute approximate surface area is 101 Å². The molecule has 2 nitrogen and oxygen atoms in total. The second kappa shape index (κ2) is 4.07. The van der Waals surface area contributed by atoms with E-state index in [1.54, 1.807) is 0 Å². The van der Waals surface area contributed by atoms with Crippen molar-refractivity contribution in [3.05, 3.63) is 35.9 Å². The fourth-order valence-corrected chi connectivity index (χ4v) is 2.94. The van der Waals surface area contributed by atoms with Gasteiger partial charge in [-0.15, -0.1) is 0 Å². The second-order valence-electron chi connectivity index (χ2n) is 3.94. The SMILES string of the molecule is Fc1cc(F)c2nc(N3CC=CCC3)sc2c1. The molecule has 0 fully saturated rings. The van der Waals surface area contributed by atoms with Crippen molar-refractivity contribution >= 4 is 26.7 Å². The van der Waals surface area contributed by atoms with Gasteiger partial charge in [-0.05, 0) is 12.5 Å². The molecule has 0 unspecified atom stereocenters. The van der Waals surface area contributed by atoms with Gasteiger partial charge in [0.2, 0.25) is 0 Å². The zero-order chi connectivity index (χ0) is 11.8. The lowest BCUT2D eigenvalue weighted by Gasteiger charge is -2.21. The van der Waals surface area contributed by atoms with E-state index in [1.165, 1.54) is 17.4 Å². The Morgan fingerprint density at radius 2 is 2.12 bits per heavy atom. The Morgan fingerprint density at radius 1 is 1.24 bits per heavy atom. The Kier molecular flexibility index (Phi) is 2.55. The van der Waals surface area contributed by atoms with Gasteiger partial charge in [-0.3, -0.25) is 0 Å². The van der Waals surface area contributed by atoms with Crippen molar-refractivity contribution in [2.75, 3.05) is 18.0 Å². The lowest BCUT2D eigenvalue weighted by molar-refractivity contribution is 0.591. The van der Waals surface area contributed by atoms with Crippen LogP contribution >= 0.6 is 11.3 Å². The molecule has 0 radical (unpaired) electrons. The number of anilines is 1. The van der Waals surface area contributed by atoms with Gasteiger partial charge in [-0.2, -0.15) is 0 Å². The first-order valence-electron chi connectivity index (χ1n) is 5.39. The minimum atomic E-state index is -0.588. The van der Waals surface area contributed by atoms with Crippen LogP contribution < -0.4 is 4.90 Å². The third-order valence-corrected chi connectivity index (χ3v) is 3.79.